The summed E-state index contributed by atoms with van der Waals surface area (Å²) in [7, 11) is 1.24. The molecule has 0 bridgehead atoms. The van der Waals surface area contributed by atoms with E-state index in [-0.39, 0.29) is 40.9 Å². The SMILES string of the molecule is COc1nn(CCC(=O)Nc2ccc(Cl)cc2[N+](=O)[O-])cc1[N+](=O)[O-]. The quantitative estimate of drug-likeness (QED) is 0.582. The number of methoxy groups -OCH3 is 1. The van der Waals surface area contributed by atoms with E-state index in [0.29, 0.717) is 0 Å². The van der Waals surface area contributed by atoms with Crippen LogP contribution in [0.5, 0.6) is 5.88 Å². The van der Waals surface area contributed by atoms with Crippen LogP contribution in [0.4, 0.5) is 17.1 Å². The average Bonchev–Trinajstić information content (AvgIpc) is 2.98. The Morgan fingerprint density at radius 1 is 1.32 bits per heavy atom. The van der Waals surface area contributed by atoms with Gasteiger partial charge in [-0.2, -0.15) is 0 Å². The molecule has 11 nitrogen and oxygen atoms in total. The van der Waals surface area contributed by atoms with Crippen LogP contribution < -0.4 is 10.1 Å². The molecule has 2 aromatic rings. The van der Waals surface area contributed by atoms with E-state index >= 15 is 0 Å². The number of ether oxygens (including phenoxy) is 1. The Morgan fingerprint density at radius 2 is 2.00 bits per heavy atom. The monoisotopic (exact) mass is 369 g/mol. The van der Waals surface area contributed by atoms with Gasteiger partial charge in [0.15, 0.2) is 0 Å². The van der Waals surface area contributed by atoms with E-state index in [1.165, 1.54) is 23.9 Å². The maximum Gasteiger partial charge on any atom is 0.350 e. The van der Waals surface area contributed by atoms with Crippen molar-refractivity contribution in [3.05, 3.63) is 49.6 Å². The van der Waals surface area contributed by atoms with Crippen LogP contribution in [0.15, 0.2) is 24.4 Å². The normalized spacial score (nSPS) is 10.3. The minimum absolute atomic E-state index is 0.00317. The summed E-state index contributed by atoms with van der Waals surface area (Å²) in [5.41, 5.74) is -0.656. The fourth-order valence-electron chi connectivity index (χ4n) is 1.97. The topological polar surface area (TPSA) is 142 Å². The molecule has 1 aromatic heterocycles. The Labute approximate surface area is 145 Å². The van der Waals surface area contributed by atoms with Crippen molar-refractivity contribution in [2.45, 2.75) is 13.0 Å². The fourth-order valence-corrected chi connectivity index (χ4v) is 2.14. The molecular weight excluding hydrogens is 358 g/mol. The maximum atomic E-state index is 12.0. The van der Waals surface area contributed by atoms with E-state index in [1.807, 2.05) is 0 Å². The van der Waals surface area contributed by atoms with Gasteiger partial charge < -0.3 is 10.1 Å². The number of nitrogens with one attached hydrogen (secondary N) is 1. The van der Waals surface area contributed by atoms with Gasteiger partial charge in [-0.25, -0.2) is 0 Å². The number of nitro groups is 2. The summed E-state index contributed by atoms with van der Waals surface area (Å²) >= 11 is 5.70. The van der Waals surface area contributed by atoms with Crippen LogP contribution >= 0.6 is 11.6 Å². The van der Waals surface area contributed by atoms with Gasteiger partial charge in [-0.05, 0) is 12.1 Å². The molecule has 2 rings (SSSR count). The van der Waals surface area contributed by atoms with Crippen LogP contribution in [0.3, 0.4) is 0 Å². The molecule has 0 aliphatic heterocycles. The van der Waals surface area contributed by atoms with Crippen molar-refractivity contribution >= 4 is 34.6 Å². The van der Waals surface area contributed by atoms with Gasteiger partial charge in [-0.1, -0.05) is 11.6 Å². The van der Waals surface area contributed by atoms with Crippen molar-refractivity contribution in [1.82, 2.24) is 9.78 Å². The van der Waals surface area contributed by atoms with Gasteiger partial charge in [-0.3, -0.25) is 29.7 Å². The lowest BCUT2D eigenvalue weighted by Crippen LogP contribution is -2.15. The predicted octanol–water partition coefficient (Wildman–Crippen LogP) is 2.39. The lowest BCUT2D eigenvalue weighted by atomic mass is 10.2. The first-order chi connectivity index (χ1) is 11.8. The predicted molar refractivity (Wildman–Crippen MR) is 86.8 cm³/mol. The van der Waals surface area contributed by atoms with Crippen LogP contribution in [0.25, 0.3) is 0 Å². The molecule has 1 aromatic carbocycles. The number of hydrogen-bond acceptors (Lipinski definition) is 7. The number of amides is 1. The minimum atomic E-state index is -0.663. The third-order valence-electron chi connectivity index (χ3n) is 3.10. The van der Waals surface area contributed by atoms with E-state index in [1.54, 1.807) is 0 Å². The summed E-state index contributed by atoms with van der Waals surface area (Å²) in [5.74, 6) is -0.693. The molecule has 0 unspecified atom stereocenters. The molecule has 0 aliphatic carbocycles. The highest BCUT2D eigenvalue weighted by Gasteiger charge is 2.21. The molecule has 132 valence electrons. The van der Waals surface area contributed by atoms with Crippen LogP contribution in [0.2, 0.25) is 5.02 Å². The number of anilines is 1. The second-order valence-corrected chi connectivity index (χ2v) is 5.20. The summed E-state index contributed by atoms with van der Waals surface area (Å²) in [6.45, 7) is 0.0252. The zero-order chi connectivity index (χ0) is 18.6. The number of carbonyl (C=O) groups is 1. The molecule has 1 heterocycles. The molecule has 0 radical (unpaired) electrons. The minimum Gasteiger partial charge on any atom is -0.475 e. The molecule has 0 fully saturated rings. The lowest BCUT2D eigenvalue weighted by Gasteiger charge is -2.06. The first-order valence-electron chi connectivity index (χ1n) is 6.81. The number of nitro benzene ring substituents is 1. The number of hydrogen-bond donors (Lipinski definition) is 1. The number of nitrogens with zero attached hydrogens (tertiary/aromatic N) is 4. The molecule has 1 amide bonds. The number of halogens is 1. The van der Waals surface area contributed by atoms with Gasteiger partial charge in [-0.15, -0.1) is 5.10 Å². The standard InChI is InChI=1S/C13H12ClN5O6/c1-25-13-11(19(23)24)7-17(16-13)5-4-12(20)15-9-3-2-8(14)6-10(9)18(21)22/h2-3,6-7H,4-5H2,1H3,(H,15,20). The third kappa shape index (κ3) is 4.41. The Hall–Kier alpha value is -3.21. The average molecular weight is 370 g/mol. The Balaban J connectivity index is 2.05. The highest BCUT2D eigenvalue weighted by Crippen LogP contribution is 2.28. The highest BCUT2D eigenvalue weighted by molar-refractivity contribution is 6.31. The van der Waals surface area contributed by atoms with E-state index in [9.17, 15) is 25.0 Å². The van der Waals surface area contributed by atoms with Gasteiger partial charge in [0.05, 0.1) is 23.5 Å². The number of aryl methyl sites for hydroxylation is 1. The number of aromatic nitrogens is 2. The van der Waals surface area contributed by atoms with Crippen molar-refractivity contribution in [1.29, 1.82) is 0 Å². The van der Waals surface area contributed by atoms with Crippen molar-refractivity contribution in [2.24, 2.45) is 0 Å². The van der Waals surface area contributed by atoms with E-state index in [2.05, 4.69) is 10.4 Å². The van der Waals surface area contributed by atoms with Crippen molar-refractivity contribution in [3.63, 3.8) is 0 Å². The number of rotatable bonds is 7. The van der Waals surface area contributed by atoms with Gasteiger partial charge in [0.1, 0.15) is 11.9 Å². The number of carbonyl (C=O) groups excluding carboxylic acids is 1. The first kappa shape index (κ1) is 18.1. The van der Waals surface area contributed by atoms with Crippen LogP contribution in [0.1, 0.15) is 6.42 Å². The van der Waals surface area contributed by atoms with Gasteiger partial charge in [0.25, 0.3) is 5.69 Å². The molecule has 0 spiro atoms. The molecule has 25 heavy (non-hydrogen) atoms. The van der Waals surface area contributed by atoms with Crippen molar-refractivity contribution < 1.29 is 19.4 Å². The van der Waals surface area contributed by atoms with E-state index in [0.717, 1.165) is 12.3 Å². The maximum absolute atomic E-state index is 12.0. The highest BCUT2D eigenvalue weighted by atomic mass is 35.5. The summed E-state index contributed by atoms with van der Waals surface area (Å²) in [6.07, 6.45) is 1.03. The molecular formula is C13H12ClN5O6. The number of benzene rings is 1. The van der Waals surface area contributed by atoms with Gasteiger partial charge in [0.2, 0.25) is 5.91 Å². The summed E-state index contributed by atoms with van der Waals surface area (Å²) in [4.78, 5) is 32.4. The first-order valence-corrected chi connectivity index (χ1v) is 7.19. The van der Waals surface area contributed by atoms with Crippen molar-refractivity contribution in [2.75, 3.05) is 12.4 Å². The van der Waals surface area contributed by atoms with Gasteiger partial charge in [0, 0.05) is 17.5 Å². The largest absolute Gasteiger partial charge is 0.475 e. The fraction of sp³-hybridized carbons (Fsp3) is 0.231. The zero-order valence-corrected chi connectivity index (χ0v) is 13.6. The van der Waals surface area contributed by atoms with Gasteiger partial charge >= 0.3 is 11.6 Å². The second kappa shape index (κ2) is 7.57. The molecule has 0 saturated carbocycles. The molecule has 12 heteroatoms. The molecule has 0 atom stereocenters. The summed E-state index contributed by atoms with van der Waals surface area (Å²) < 4.78 is 5.97. The molecule has 0 saturated heterocycles. The summed E-state index contributed by atoms with van der Waals surface area (Å²) in [6, 6.07) is 3.85. The Bertz CT molecular complexity index is 836. The lowest BCUT2D eigenvalue weighted by molar-refractivity contribution is -0.385. The van der Waals surface area contributed by atoms with Crippen LogP contribution in [-0.4, -0.2) is 32.6 Å². The van der Waals surface area contributed by atoms with E-state index in [4.69, 9.17) is 16.3 Å². The second-order valence-electron chi connectivity index (χ2n) is 4.76. The summed E-state index contributed by atoms with van der Waals surface area (Å²) in [5, 5.41) is 28.2. The zero-order valence-electron chi connectivity index (χ0n) is 12.8. The smallest absolute Gasteiger partial charge is 0.350 e. The molecule has 0 aliphatic rings. The van der Waals surface area contributed by atoms with Crippen LogP contribution in [-0.2, 0) is 11.3 Å². The third-order valence-corrected chi connectivity index (χ3v) is 3.33. The van der Waals surface area contributed by atoms with E-state index < -0.39 is 15.8 Å². The Kier molecular flexibility index (Phi) is 5.49. The van der Waals surface area contributed by atoms with Crippen molar-refractivity contribution in [3.8, 4) is 5.88 Å². The van der Waals surface area contributed by atoms with Crippen LogP contribution in [0, 0.1) is 20.2 Å². The Morgan fingerprint density at radius 3 is 2.56 bits per heavy atom. The molecule has 1 N–H and O–H groups in total.